The Morgan fingerprint density at radius 1 is 0.968 bits per heavy atom. The van der Waals surface area contributed by atoms with Crippen LogP contribution in [0.4, 0.5) is 5.69 Å². The van der Waals surface area contributed by atoms with E-state index >= 15 is 0 Å². The van der Waals surface area contributed by atoms with Gasteiger partial charge in [-0.3, -0.25) is 9.10 Å². The summed E-state index contributed by atoms with van der Waals surface area (Å²) in [6, 6.07) is 9.74. The van der Waals surface area contributed by atoms with Gasteiger partial charge in [0.05, 0.1) is 46.6 Å². The van der Waals surface area contributed by atoms with Crippen LogP contribution in [0.2, 0.25) is 0 Å². The summed E-state index contributed by atoms with van der Waals surface area (Å²) in [7, 11) is 2.07. The zero-order valence-electron chi connectivity index (χ0n) is 17.9. The highest BCUT2D eigenvalue weighted by Crippen LogP contribution is 2.33. The molecular weight excluding hydrogens is 426 g/mol. The highest BCUT2D eigenvalue weighted by molar-refractivity contribution is 7.92. The summed E-state index contributed by atoms with van der Waals surface area (Å²) in [5.41, 5.74) is 3.08. The molecule has 0 aliphatic heterocycles. The van der Waals surface area contributed by atoms with Crippen molar-refractivity contribution in [1.82, 2.24) is 5.43 Å². The lowest BCUT2D eigenvalue weighted by Crippen LogP contribution is -2.39. The second kappa shape index (κ2) is 10.5. The minimum absolute atomic E-state index is 0.167. The lowest BCUT2D eigenvalue weighted by atomic mass is 10.2. The van der Waals surface area contributed by atoms with Crippen molar-refractivity contribution in [2.75, 3.05) is 45.5 Å². The van der Waals surface area contributed by atoms with Crippen molar-refractivity contribution in [3.63, 3.8) is 0 Å². The summed E-state index contributed by atoms with van der Waals surface area (Å²) in [6.45, 7) is -0.514. The second-order valence-electron chi connectivity index (χ2n) is 6.21. The van der Waals surface area contributed by atoms with E-state index < -0.39 is 22.5 Å². The number of rotatable bonds is 10. The average Bonchev–Trinajstić information content (AvgIpc) is 2.76. The van der Waals surface area contributed by atoms with Gasteiger partial charge in [0.15, 0.2) is 0 Å². The van der Waals surface area contributed by atoms with Crippen LogP contribution in [0.1, 0.15) is 5.56 Å². The molecule has 0 fully saturated rings. The van der Waals surface area contributed by atoms with Crippen LogP contribution in [0.5, 0.6) is 23.0 Å². The van der Waals surface area contributed by atoms with Crippen LogP contribution in [-0.4, -0.2) is 61.8 Å². The molecule has 31 heavy (non-hydrogen) atoms. The van der Waals surface area contributed by atoms with Crippen LogP contribution in [0.15, 0.2) is 41.5 Å². The van der Waals surface area contributed by atoms with Gasteiger partial charge >= 0.3 is 0 Å². The Bertz CT molecular complexity index is 1050. The van der Waals surface area contributed by atoms with Crippen LogP contribution in [0, 0.1) is 0 Å². The van der Waals surface area contributed by atoms with Crippen molar-refractivity contribution in [1.29, 1.82) is 0 Å². The lowest BCUT2D eigenvalue weighted by Gasteiger charge is -2.23. The first-order chi connectivity index (χ1) is 14.7. The number of amides is 1. The van der Waals surface area contributed by atoms with Crippen molar-refractivity contribution in [3.8, 4) is 23.0 Å². The van der Waals surface area contributed by atoms with Gasteiger partial charge < -0.3 is 18.9 Å². The number of hydrazone groups is 1. The van der Waals surface area contributed by atoms with Gasteiger partial charge in [-0.15, -0.1) is 0 Å². The number of ether oxygens (including phenoxy) is 4. The third-order valence-corrected chi connectivity index (χ3v) is 5.30. The molecule has 1 amide bonds. The molecule has 2 rings (SSSR count). The first-order valence-corrected chi connectivity index (χ1v) is 10.8. The number of methoxy groups -OCH3 is 4. The number of hydrogen-bond donors (Lipinski definition) is 1. The minimum atomic E-state index is -3.81. The standard InChI is InChI=1S/C20H25N3O7S/c1-27-15-8-9-18(29-3)17(10-15)23(31(5,25)26)13-20(24)22-21-12-14-6-7-16(28-2)11-19(14)30-4/h6-12H,13H2,1-5H3,(H,22,24)/b21-12-. The van der Waals surface area contributed by atoms with E-state index in [9.17, 15) is 13.2 Å². The number of carbonyl (C=O) groups is 1. The Balaban J connectivity index is 2.21. The van der Waals surface area contributed by atoms with E-state index in [1.165, 1.54) is 40.7 Å². The van der Waals surface area contributed by atoms with E-state index in [4.69, 9.17) is 18.9 Å². The summed E-state index contributed by atoms with van der Waals surface area (Å²) in [5, 5.41) is 3.89. The smallest absolute Gasteiger partial charge is 0.260 e. The second-order valence-corrected chi connectivity index (χ2v) is 8.12. The molecule has 0 spiro atoms. The Morgan fingerprint density at radius 2 is 1.58 bits per heavy atom. The van der Waals surface area contributed by atoms with Gasteiger partial charge in [-0.05, 0) is 24.3 Å². The maximum absolute atomic E-state index is 12.4. The number of nitrogens with one attached hydrogen (secondary N) is 1. The van der Waals surface area contributed by atoms with E-state index in [2.05, 4.69) is 10.5 Å². The topological polar surface area (TPSA) is 116 Å². The molecule has 0 saturated heterocycles. The molecule has 0 atom stereocenters. The monoisotopic (exact) mass is 451 g/mol. The maximum atomic E-state index is 12.4. The Kier molecular flexibility index (Phi) is 8.08. The molecule has 0 saturated carbocycles. The largest absolute Gasteiger partial charge is 0.497 e. The van der Waals surface area contributed by atoms with Crippen molar-refractivity contribution >= 4 is 27.8 Å². The number of sulfonamides is 1. The molecule has 0 aliphatic carbocycles. The summed E-state index contributed by atoms with van der Waals surface area (Å²) in [4.78, 5) is 12.4. The molecular formula is C20H25N3O7S. The molecule has 10 nitrogen and oxygen atoms in total. The molecule has 2 aromatic carbocycles. The molecule has 1 N–H and O–H groups in total. The average molecular weight is 452 g/mol. The van der Waals surface area contributed by atoms with E-state index in [1.807, 2.05) is 0 Å². The van der Waals surface area contributed by atoms with Crippen LogP contribution in [-0.2, 0) is 14.8 Å². The van der Waals surface area contributed by atoms with Crippen molar-refractivity contribution < 1.29 is 32.2 Å². The van der Waals surface area contributed by atoms with Crippen molar-refractivity contribution in [3.05, 3.63) is 42.0 Å². The van der Waals surface area contributed by atoms with Gasteiger partial charge in [-0.2, -0.15) is 5.10 Å². The molecule has 2 aromatic rings. The zero-order valence-corrected chi connectivity index (χ0v) is 18.7. The molecule has 0 unspecified atom stereocenters. The number of benzene rings is 2. The number of hydrogen-bond acceptors (Lipinski definition) is 8. The summed E-state index contributed by atoms with van der Waals surface area (Å²) in [5.74, 6) is 1.13. The summed E-state index contributed by atoms with van der Waals surface area (Å²) in [6.07, 6.45) is 2.37. The van der Waals surface area contributed by atoms with Gasteiger partial charge in [0.1, 0.15) is 29.5 Å². The van der Waals surface area contributed by atoms with E-state index in [-0.39, 0.29) is 11.4 Å². The third kappa shape index (κ3) is 6.25. The quantitative estimate of drug-likeness (QED) is 0.431. The number of nitrogens with zero attached hydrogens (tertiary/aromatic N) is 2. The Labute approximate surface area is 181 Å². The number of carbonyl (C=O) groups excluding carboxylic acids is 1. The van der Waals surface area contributed by atoms with E-state index in [0.717, 1.165) is 10.6 Å². The zero-order chi connectivity index (χ0) is 23.0. The minimum Gasteiger partial charge on any atom is -0.497 e. The Morgan fingerprint density at radius 3 is 2.16 bits per heavy atom. The maximum Gasteiger partial charge on any atom is 0.260 e. The SMILES string of the molecule is COc1ccc(/C=N\NC(=O)CN(c2cc(OC)ccc2OC)S(C)(=O)=O)c(OC)c1. The normalized spacial score (nSPS) is 11.1. The summed E-state index contributed by atoms with van der Waals surface area (Å²) < 4.78 is 46.4. The fourth-order valence-corrected chi connectivity index (χ4v) is 3.49. The molecule has 0 aliphatic rings. The van der Waals surface area contributed by atoms with Gasteiger partial charge in [-0.1, -0.05) is 0 Å². The molecule has 11 heteroatoms. The first-order valence-electron chi connectivity index (χ1n) is 8.97. The molecule has 0 aromatic heterocycles. The third-order valence-electron chi connectivity index (χ3n) is 4.18. The fourth-order valence-electron chi connectivity index (χ4n) is 2.64. The van der Waals surface area contributed by atoms with Crippen molar-refractivity contribution in [2.24, 2.45) is 5.10 Å². The van der Waals surface area contributed by atoms with E-state index in [1.54, 1.807) is 30.3 Å². The molecule has 0 radical (unpaired) electrons. The lowest BCUT2D eigenvalue weighted by molar-refractivity contribution is -0.119. The predicted octanol–water partition coefficient (Wildman–Crippen LogP) is 1.64. The van der Waals surface area contributed by atoms with Crippen LogP contribution in [0.25, 0.3) is 0 Å². The summed E-state index contributed by atoms with van der Waals surface area (Å²) >= 11 is 0. The highest BCUT2D eigenvalue weighted by atomic mass is 32.2. The van der Waals surface area contributed by atoms with Crippen LogP contribution in [0.3, 0.4) is 0 Å². The van der Waals surface area contributed by atoms with Crippen LogP contribution < -0.4 is 28.7 Å². The molecule has 168 valence electrons. The van der Waals surface area contributed by atoms with E-state index in [0.29, 0.717) is 22.8 Å². The predicted molar refractivity (Wildman–Crippen MR) is 117 cm³/mol. The molecule has 0 heterocycles. The first kappa shape index (κ1) is 23.8. The Hall–Kier alpha value is -3.47. The van der Waals surface area contributed by atoms with Gasteiger partial charge in [0.25, 0.3) is 5.91 Å². The van der Waals surface area contributed by atoms with Gasteiger partial charge in [0.2, 0.25) is 10.0 Å². The van der Waals surface area contributed by atoms with Crippen LogP contribution >= 0.6 is 0 Å². The number of anilines is 1. The van der Waals surface area contributed by atoms with Crippen molar-refractivity contribution in [2.45, 2.75) is 0 Å². The highest BCUT2D eigenvalue weighted by Gasteiger charge is 2.24. The molecule has 0 bridgehead atoms. The fraction of sp³-hybridized carbons (Fsp3) is 0.300. The van der Waals surface area contributed by atoms with Gasteiger partial charge in [0, 0.05) is 17.7 Å². The van der Waals surface area contributed by atoms with Gasteiger partial charge in [-0.25, -0.2) is 13.8 Å².